The van der Waals surface area contributed by atoms with E-state index in [1.165, 1.54) is 75.6 Å². The van der Waals surface area contributed by atoms with E-state index in [1.807, 2.05) is 0 Å². The van der Waals surface area contributed by atoms with Crippen molar-refractivity contribution in [1.82, 2.24) is 0 Å². The summed E-state index contributed by atoms with van der Waals surface area (Å²) < 4.78 is 6.01. The normalized spacial score (nSPS) is 15.1. The van der Waals surface area contributed by atoms with Crippen molar-refractivity contribution < 1.29 is 4.74 Å². The summed E-state index contributed by atoms with van der Waals surface area (Å²) in [7, 11) is 0. The highest BCUT2D eigenvalue weighted by Crippen LogP contribution is 2.37. The van der Waals surface area contributed by atoms with E-state index in [2.05, 4.69) is 41.0 Å². The Bertz CT molecular complexity index is 593. The van der Waals surface area contributed by atoms with Crippen LogP contribution in [0.15, 0.2) is 29.3 Å². The molecule has 0 aliphatic carbocycles. The summed E-state index contributed by atoms with van der Waals surface area (Å²) in [6.45, 7) is 5.73. The van der Waals surface area contributed by atoms with Crippen molar-refractivity contribution in [3.63, 3.8) is 0 Å². The molecule has 5 heteroatoms. The van der Waals surface area contributed by atoms with E-state index in [9.17, 15) is 0 Å². The Balaban J connectivity index is 0.00000280. The topological polar surface area (TPSA) is 28.1 Å². The van der Waals surface area contributed by atoms with Gasteiger partial charge in [-0.25, -0.2) is 0 Å². The zero-order chi connectivity index (χ0) is 18.7. The Hall–Kier alpha value is -1.26. The van der Waals surface area contributed by atoms with Crippen LogP contribution in [-0.2, 0) is 4.74 Å². The summed E-state index contributed by atoms with van der Waals surface area (Å²) in [6, 6.07) is 8.59. The first-order valence-corrected chi connectivity index (χ1v) is 11.2. The highest BCUT2D eigenvalue weighted by molar-refractivity contribution is 6.16. The summed E-state index contributed by atoms with van der Waals surface area (Å²) in [5.74, 6) is 1.07. The van der Waals surface area contributed by atoms with E-state index in [0.29, 0.717) is 6.73 Å². The van der Waals surface area contributed by atoms with Crippen molar-refractivity contribution in [2.75, 3.05) is 36.2 Å². The highest BCUT2D eigenvalue weighted by atomic mass is 35.5. The van der Waals surface area contributed by atoms with Gasteiger partial charge >= 0.3 is 0 Å². The maximum atomic E-state index is 6.01. The summed E-state index contributed by atoms with van der Waals surface area (Å²) in [5, 5.41) is 0. The molecule has 0 amide bonds. The predicted molar refractivity (Wildman–Crippen MR) is 123 cm³/mol. The number of hydrogen-bond acceptors (Lipinski definition) is 4. The van der Waals surface area contributed by atoms with Crippen LogP contribution in [-0.4, -0.2) is 32.4 Å². The number of fused-ring (bicyclic) bond motifs is 3. The van der Waals surface area contributed by atoms with Crippen molar-refractivity contribution >= 4 is 29.7 Å². The third kappa shape index (κ3) is 6.38. The quantitative estimate of drug-likeness (QED) is 0.354. The molecule has 0 saturated heterocycles. The fraction of sp³-hybridized carbons (Fsp3) is 0.696. The number of aliphatic imine (C=N–C) groups is 1. The molecule has 0 spiro atoms. The van der Waals surface area contributed by atoms with Crippen LogP contribution < -0.4 is 9.80 Å². The summed E-state index contributed by atoms with van der Waals surface area (Å²) in [5.41, 5.74) is 2.51. The van der Waals surface area contributed by atoms with Gasteiger partial charge < -0.3 is 9.64 Å². The molecule has 2 heterocycles. The molecule has 1 aromatic rings. The van der Waals surface area contributed by atoms with Crippen molar-refractivity contribution in [1.29, 1.82) is 0 Å². The lowest BCUT2D eigenvalue weighted by molar-refractivity contribution is 0.137. The zero-order valence-electron chi connectivity index (χ0n) is 17.6. The molecule has 0 unspecified atom stereocenters. The first-order chi connectivity index (χ1) is 13.4. The fourth-order valence-corrected chi connectivity index (χ4v) is 4.06. The minimum Gasteiger partial charge on any atom is -0.361 e. The molecule has 0 N–H and O–H groups in total. The van der Waals surface area contributed by atoms with Crippen molar-refractivity contribution in [3.8, 4) is 0 Å². The van der Waals surface area contributed by atoms with Crippen molar-refractivity contribution in [2.24, 2.45) is 4.99 Å². The first-order valence-electron chi connectivity index (χ1n) is 11.2. The number of halogens is 1. The molecule has 1 aromatic carbocycles. The van der Waals surface area contributed by atoms with Gasteiger partial charge in [0, 0.05) is 19.7 Å². The summed E-state index contributed by atoms with van der Waals surface area (Å²) in [4.78, 5) is 9.33. The van der Waals surface area contributed by atoms with Gasteiger partial charge in [0.1, 0.15) is 6.73 Å². The predicted octanol–water partition coefficient (Wildman–Crippen LogP) is 6.39. The van der Waals surface area contributed by atoms with Gasteiger partial charge in [0.05, 0.1) is 11.4 Å². The molecule has 0 atom stereocenters. The van der Waals surface area contributed by atoms with Gasteiger partial charge in [-0.05, 0) is 25.0 Å². The smallest absolute Gasteiger partial charge is 0.207 e. The molecule has 0 bridgehead atoms. The zero-order valence-corrected chi connectivity index (χ0v) is 18.4. The van der Waals surface area contributed by atoms with Gasteiger partial charge in [0.2, 0.25) is 5.96 Å². The van der Waals surface area contributed by atoms with E-state index in [-0.39, 0.29) is 12.4 Å². The molecule has 0 saturated carbocycles. The summed E-state index contributed by atoms with van der Waals surface area (Å²) in [6.07, 6.45) is 14.8. The molecule has 2 aliphatic rings. The molecule has 0 radical (unpaired) electrons. The van der Waals surface area contributed by atoms with E-state index in [4.69, 9.17) is 9.73 Å². The SMILES string of the molecule is CCCCCCCCCCCCOCN1C2=NCCCN2c2ccccc21.Cl. The lowest BCUT2D eigenvalue weighted by Crippen LogP contribution is -2.42. The Morgan fingerprint density at radius 1 is 0.893 bits per heavy atom. The lowest BCUT2D eigenvalue weighted by atomic mass is 10.1. The van der Waals surface area contributed by atoms with E-state index in [1.54, 1.807) is 0 Å². The molecule has 0 fully saturated rings. The standard InChI is InChI=1S/C23H37N3O.ClH/c1-2-3-4-5-6-7-8-9-10-13-19-27-20-26-22-16-12-11-15-21(22)25-18-14-17-24-23(25)26;/h11-12,15-16H,2-10,13-14,17-20H2,1H3;1H. The maximum absolute atomic E-state index is 6.01. The van der Waals surface area contributed by atoms with Gasteiger partial charge in [-0.15, -0.1) is 12.4 Å². The van der Waals surface area contributed by atoms with Crippen molar-refractivity contribution in [2.45, 2.75) is 77.6 Å². The number of benzene rings is 1. The number of guanidine groups is 1. The van der Waals surface area contributed by atoms with Crippen LogP contribution in [0.3, 0.4) is 0 Å². The number of anilines is 2. The van der Waals surface area contributed by atoms with Crippen LogP contribution >= 0.6 is 12.4 Å². The third-order valence-electron chi connectivity index (χ3n) is 5.60. The molecule has 28 heavy (non-hydrogen) atoms. The maximum Gasteiger partial charge on any atom is 0.207 e. The Morgan fingerprint density at radius 2 is 1.54 bits per heavy atom. The second kappa shape index (κ2) is 13.1. The highest BCUT2D eigenvalue weighted by Gasteiger charge is 2.33. The van der Waals surface area contributed by atoms with E-state index >= 15 is 0 Å². The largest absolute Gasteiger partial charge is 0.361 e. The van der Waals surface area contributed by atoms with Crippen LogP contribution in [0.4, 0.5) is 11.4 Å². The van der Waals surface area contributed by atoms with Gasteiger partial charge in [-0.2, -0.15) is 0 Å². The lowest BCUT2D eigenvalue weighted by Gasteiger charge is -2.26. The Kier molecular flexibility index (Phi) is 10.7. The molecule has 4 nitrogen and oxygen atoms in total. The molecule has 2 aliphatic heterocycles. The fourth-order valence-electron chi connectivity index (χ4n) is 4.06. The second-order valence-electron chi connectivity index (χ2n) is 7.82. The first kappa shape index (κ1) is 23.0. The average Bonchev–Trinajstić information content (AvgIpc) is 3.03. The second-order valence-corrected chi connectivity index (χ2v) is 7.82. The van der Waals surface area contributed by atoms with Gasteiger partial charge in [-0.1, -0.05) is 76.8 Å². The minimum absolute atomic E-state index is 0. The van der Waals surface area contributed by atoms with Crippen LogP contribution in [0.5, 0.6) is 0 Å². The number of hydrogen-bond donors (Lipinski definition) is 0. The number of ether oxygens (including phenoxy) is 1. The van der Waals surface area contributed by atoms with Crippen LogP contribution in [0, 0.1) is 0 Å². The molecular weight excluding hydrogens is 370 g/mol. The van der Waals surface area contributed by atoms with Crippen LogP contribution in [0.25, 0.3) is 0 Å². The van der Waals surface area contributed by atoms with Crippen LogP contribution in [0.1, 0.15) is 77.6 Å². The minimum atomic E-state index is 0. The van der Waals surface area contributed by atoms with E-state index in [0.717, 1.165) is 32.1 Å². The van der Waals surface area contributed by atoms with Gasteiger partial charge in [-0.3, -0.25) is 9.89 Å². The molecular formula is C23H38ClN3O. The van der Waals surface area contributed by atoms with Gasteiger partial charge in [0.15, 0.2) is 0 Å². The molecule has 0 aromatic heterocycles. The Morgan fingerprint density at radius 3 is 2.25 bits per heavy atom. The van der Waals surface area contributed by atoms with Gasteiger partial charge in [0.25, 0.3) is 0 Å². The number of para-hydroxylation sites is 2. The van der Waals surface area contributed by atoms with Crippen molar-refractivity contribution in [3.05, 3.63) is 24.3 Å². The number of nitrogens with zero attached hydrogens (tertiary/aromatic N) is 3. The Labute approximate surface area is 177 Å². The number of rotatable bonds is 13. The third-order valence-corrected chi connectivity index (χ3v) is 5.60. The number of unbranched alkanes of at least 4 members (excludes halogenated alkanes) is 9. The monoisotopic (exact) mass is 407 g/mol. The molecule has 3 rings (SSSR count). The summed E-state index contributed by atoms with van der Waals surface area (Å²) >= 11 is 0. The average molecular weight is 408 g/mol. The van der Waals surface area contributed by atoms with E-state index < -0.39 is 0 Å². The molecule has 158 valence electrons. The van der Waals surface area contributed by atoms with Crippen LogP contribution in [0.2, 0.25) is 0 Å².